The molecule has 7 nitrogen and oxygen atoms in total. The Hall–Kier alpha value is -3.17. The van der Waals surface area contributed by atoms with Gasteiger partial charge in [-0.2, -0.15) is 17.9 Å². The third-order valence-corrected chi connectivity index (χ3v) is 7.45. The number of hydrazone groups is 1. The first-order valence-corrected chi connectivity index (χ1v) is 13.3. The van der Waals surface area contributed by atoms with Crippen molar-refractivity contribution in [3.05, 3.63) is 95.6 Å². The van der Waals surface area contributed by atoms with E-state index in [1.54, 1.807) is 48.5 Å². The molecule has 1 aliphatic heterocycles. The van der Waals surface area contributed by atoms with Crippen molar-refractivity contribution in [2.45, 2.75) is 24.3 Å². The summed E-state index contributed by atoms with van der Waals surface area (Å²) in [6, 6.07) is 22.4. The molecule has 9 heteroatoms. The van der Waals surface area contributed by atoms with E-state index in [9.17, 15) is 16.8 Å². The Balaban J connectivity index is 1.72. The highest BCUT2D eigenvalue weighted by Gasteiger charge is 2.37. The van der Waals surface area contributed by atoms with Crippen LogP contribution in [0.25, 0.3) is 0 Å². The lowest BCUT2D eigenvalue weighted by Crippen LogP contribution is -2.27. The molecule has 0 aromatic heterocycles. The molecule has 1 atom stereocenters. The molecular weight excluding hydrogens is 446 g/mol. The van der Waals surface area contributed by atoms with E-state index < -0.39 is 26.1 Å². The minimum atomic E-state index is -3.87. The van der Waals surface area contributed by atoms with Crippen LogP contribution in [0, 0.1) is 6.92 Å². The van der Waals surface area contributed by atoms with Crippen LogP contribution >= 0.6 is 0 Å². The van der Waals surface area contributed by atoms with E-state index in [4.69, 9.17) is 0 Å². The van der Waals surface area contributed by atoms with E-state index in [-0.39, 0.29) is 4.90 Å². The number of benzene rings is 3. The summed E-state index contributed by atoms with van der Waals surface area (Å²) in [5.74, 6) is 0. The van der Waals surface area contributed by atoms with Gasteiger partial charge >= 0.3 is 0 Å². The maximum Gasteiger partial charge on any atom is 0.279 e. The van der Waals surface area contributed by atoms with E-state index in [1.165, 1.54) is 4.41 Å². The monoisotopic (exact) mass is 469 g/mol. The number of hydrogen-bond acceptors (Lipinski definition) is 5. The third-order valence-electron chi connectivity index (χ3n) is 5.14. The molecule has 1 aliphatic rings. The molecule has 1 heterocycles. The molecule has 32 heavy (non-hydrogen) atoms. The summed E-state index contributed by atoms with van der Waals surface area (Å²) in [6.45, 7) is 1.90. The number of nitrogens with zero attached hydrogens (tertiary/aromatic N) is 2. The molecule has 4 rings (SSSR count). The van der Waals surface area contributed by atoms with Crippen LogP contribution in [0.15, 0.2) is 88.9 Å². The first-order chi connectivity index (χ1) is 15.1. The first-order valence-electron chi connectivity index (χ1n) is 9.95. The van der Waals surface area contributed by atoms with E-state index in [1.807, 2.05) is 37.3 Å². The number of anilines is 1. The van der Waals surface area contributed by atoms with Gasteiger partial charge in [0.05, 0.1) is 22.9 Å². The SMILES string of the molecule is Cc1ccc(S(=O)(=O)N2N=C(c3ccc(NS(C)(=O)=O)cc3)C[C@@H]2c2ccccc2)cc1. The Bertz CT molecular complexity index is 1350. The first kappa shape index (κ1) is 22.0. The van der Waals surface area contributed by atoms with Crippen molar-refractivity contribution in [2.24, 2.45) is 5.10 Å². The van der Waals surface area contributed by atoms with Crippen LogP contribution in [0.3, 0.4) is 0 Å². The van der Waals surface area contributed by atoms with Crippen LogP contribution in [0.2, 0.25) is 0 Å². The molecule has 0 saturated carbocycles. The number of sulfonamides is 2. The number of aryl methyl sites for hydroxylation is 1. The van der Waals surface area contributed by atoms with E-state index in [2.05, 4.69) is 9.82 Å². The Morgan fingerprint density at radius 2 is 1.50 bits per heavy atom. The molecule has 0 aliphatic carbocycles. The molecular formula is C23H23N3O4S2. The van der Waals surface area contributed by atoms with Crippen molar-refractivity contribution in [3.63, 3.8) is 0 Å². The van der Waals surface area contributed by atoms with Gasteiger partial charge in [-0.05, 0) is 42.3 Å². The second kappa shape index (κ2) is 8.40. The van der Waals surface area contributed by atoms with Crippen molar-refractivity contribution in [2.75, 3.05) is 11.0 Å². The van der Waals surface area contributed by atoms with Crippen LogP contribution in [0.4, 0.5) is 5.69 Å². The molecule has 0 unspecified atom stereocenters. The van der Waals surface area contributed by atoms with Gasteiger partial charge in [0.1, 0.15) is 0 Å². The molecule has 0 radical (unpaired) electrons. The van der Waals surface area contributed by atoms with Gasteiger partial charge < -0.3 is 0 Å². The van der Waals surface area contributed by atoms with E-state index >= 15 is 0 Å². The van der Waals surface area contributed by atoms with Crippen molar-refractivity contribution in [1.82, 2.24) is 4.41 Å². The van der Waals surface area contributed by atoms with Gasteiger partial charge in [-0.3, -0.25) is 4.72 Å². The summed E-state index contributed by atoms with van der Waals surface area (Å²) < 4.78 is 53.4. The smallest absolute Gasteiger partial charge is 0.279 e. The minimum absolute atomic E-state index is 0.182. The molecule has 0 bridgehead atoms. The van der Waals surface area contributed by atoms with Crippen LogP contribution in [0.5, 0.6) is 0 Å². The highest BCUT2D eigenvalue weighted by Crippen LogP contribution is 2.37. The zero-order valence-electron chi connectivity index (χ0n) is 17.6. The van der Waals surface area contributed by atoms with Gasteiger partial charge in [-0.1, -0.05) is 60.2 Å². The highest BCUT2D eigenvalue weighted by molar-refractivity contribution is 7.92. The molecule has 1 N–H and O–H groups in total. The highest BCUT2D eigenvalue weighted by atomic mass is 32.2. The number of nitrogens with one attached hydrogen (secondary N) is 1. The second-order valence-electron chi connectivity index (χ2n) is 7.72. The molecule has 0 amide bonds. The van der Waals surface area contributed by atoms with Gasteiger partial charge in [0.15, 0.2) is 0 Å². The predicted octanol–water partition coefficient (Wildman–Crippen LogP) is 3.91. The van der Waals surface area contributed by atoms with Crippen molar-refractivity contribution >= 4 is 31.4 Å². The number of hydrogen-bond donors (Lipinski definition) is 1. The molecule has 3 aromatic carbocycles. The molecule has 0 fully saturated rings. The maximum atomic E-state index is 13.5. The zero-order valence-corrected chi connectivity index (χ0v) is 19.3. The van der Waals surface area contributed by atoms with Crippen LogP contribution < -0.4 is 4.72 Å². The lowest BCUT2D eigenvalue weighted by atomic mass is 9.99. The summed E-state index contributed by atoms with van der Waals surface area (Å²) >= 11 is 0. The third kappa shape index (κ3) is 4.68. The summed E-state index contributed by atoms with van der Waals surface area (Å²) in [7, 11) is -7.26. The average molecular weight is 470 g/mol. The molecule has 166 valence electrons. The van der Waals surface area contributed by atoms with E-state index in [0.29, 0.717) is 17.8 Å². The average Bonchev–Trinajstić information content (AvgIpc) is 3.21. The Kier molecular flexibility index (Phi) is 5.79. The fraction of sp³-hybridized carbons (Fsp3) is 0.174. The van der Waals surface area contributed by atoms with Gasteiger partial charge in [-0.25, -0.2) is 8.42 Å². The lowest BCUT2D eigenvalue weighted by molar-refractivity contribution is 0.371. The summed E-state index contributed by atoms with van der Waals surface area (Å²) in [5.41, 5.74) is 3.58. The van der Waals surface area contributed by atoms with Crippen LogP contribution in [-0.4, -0.2) is 33.2 Å². The predicted molar refractivity (Wildman–Crippen MR) is 125 cm³/mol. The Morgan fingerprint density at radius 3 is 2.09 bits per heavy atom. The molecule has 0 saturated heterocycles. The number of rotatable bonds is 6. The topological polar surface area (TPSA) is 95.9 Å². The largest absolute Gasteiger partial charge is 0.284 e. The van der Waals surface area contributed by atoms with Gasteiger partial charge in [0.25, 0.3) is 10.0 Å². The van der Waals surface area contributed by atoms with Crippen LogP contribution in [0.1, 0.15) is 29.2 Å². The standard InChI is InChI=1S/C23H23N3O4S2/c1-17-8-14-21(15-9-17)32(29,30)26-23(19-6-4-3-5-7-19)16-22(24-26)18-10-12-20(13-11-18)25-31(2,27)28/h3-15,23,25H,16H2,1-2H3/t23-/m1/s1. The fourth-order valence-electron chi connectivity index (χ4n) is 3.57. The normalized spacial score (nSPS) is 16.6. The zero-order chi connectivity index (χ0) is 22.9. The van der Waals surface area contributed by atoms with Crippen molar-refractivity contribution < 1.29 is 16.8 Å². The lowest BCUT2D eigenvalue weighted by Gasteiger charge is -2.23. The Morgan fingerprint density at radius 1 is 0.875 bits per heavy atom. The van der Waals surface area contributed by atoms with Gasteiger partial charge in [-0.15, -0.1) is 0 Å². The van der Waals surface area contributed by atoms with Crippen molar-refractivity contribution in [3.8, 4) is 0 Å². The summed E-state index contributed by atoms with van der Waals surface area (Å²) in [4.78, 5) is 0.182. The summed E-state index contributed by atoms with van der Waals surface area (Å²) in [6.07, 6.45) is 1.48. The molecule has 3 aromatic rings. The van der Waals surface area contributed by atoms with Gasteiger partial charge in [0.2, 0.25) is 10.0 Å². The minimum Gasteiger partial charge on any atom is -0.284 e. The van der Waals surface area contributed by atoms with Crippen LogP contribution in [-0.2, 0) is 20.0 Å². The van der Waals surface area contributed by atoms with E-state index in [0.717, 1.165) is 22.9 Å². The van der Waals surface area contributed by atoms with Crippen molar-refractivity contribution in [1.29, 1.82) is 0 Å². The quantitative estimate of drug-likeness (QED) is 0.592. The Labute approximate surface area is 188 Å². The van der Waals surface area contributed by atoms with Gasteiger partial charge in [0, 0.05) is 12.1 Å². The second-order valence-corrected chi connectivity index (χ2v) is 11.3. The fourth-order valence-corrected chi connectivity index (χ4v) is 5.57. The molecule has 0 spiro atoms. The maximum absolute atomic E-state index is 13.5. The summed E-state index contributed by atoms with van der Waals surface area (Å²) in [5, 5.41) is 4.51.